The molecule has 5 heteroatoms. The van der Waals surface area contributed by atoms with E-state index in [9.17, 15) is 13.2 Å². The highest BCUT2D eigenvalue weighted by Gasteiger charge is 2.25. The zero-order valence-corrected chi connectivity index (χ0v) is 8.04. The van der Waals surface area contributed by atoms with Crippen molar-refractivity contribution in [1.82, 2.24) is 10.6 Å². The molecule has 0 fully saturated rings. The van der Waals surface area contributed by atoms with Crippen LogP contribution in [0.25, 0.3) is 0 Å². The van der Waals surface area contributed by atoms with E-state index in [1.165, 1.54) is 0 Å². The van der Waals surface area contributed by atoms with Crippen molar-refractivity contribution in [3.05, 3.63) is 0 Å². The molecular weight excluding hydrogens is 181 g/mol. The lowest BCUT2D eigenvalue weighted by molar-refractivity contribution is -0.135. The first-order chi connectivity index (χ1) is 5.95. The van der Waals surface area contributed by atoms with Crippen LogP contribution in [0.5, 0.6) is 0 Å². The SMILES string of the molecule is CNC(C)CNCCCC(F)(F)F. The zero-order valence-electron chi connectivity index (χ0n) is 8.04. The predicted octanol–water partition coefficient (Wildman–Crippen LogP) is 1.53. The molecule has 0 saturated carbocycles. The third-order valence-corrected chi connectivity index (χ3v) is 1.76. The van der Waals surface area contributed by atoms with Gasteiger partial charge < -0.3 is 10.6 Å². The Kier molecular flexibility index (Phi) is 6.07. The zero-order chi connectivity index (χ0) is 10.3. The van der Waals surface area contributed by atoms with Crippen LogP contribution in [0.15, 0.2) is 0 Å². The second-order valence-corrected chi connectivity index (χ2v) is 3.11. The highest BCUT2D eigenvalue weighted by atomic mass is 19.4. The molecule has 2 N–H and O–H groups in total. The molecule has 0 aromatic rings. The summed E-state index contributed by atoms with van der Waals surface area (Å²) in [6, 6.07) is 0.297. The Bertz CT molecular complexity index is 125. The van der Waals surface area contributed by atoms with Gasteiger partial charge in [0.25, 0.3) is 0 Å². The molecule has 1 atom stereocenters. The molecule has 0 heterocycles. The Morgan fingerprint density at radius 3 is 2.38 bits per heavy atom. The van der Waals surface area contributed by atoms with E-state index in [1.54, 1.807) is 0 Å². The van der Waals surface area contributed by atoms with Crippen LogP contribution in [-0.4, -0.2) is 32.4 Å². The van der Waals surface area contributed by atoms with Crippen LogP contribution < -0.4 is 10.6 Å². The molecule has 0 radical (unpaired) electrons. The third-order valence-electron chi connectivity index (χ3n) is 1.76. The van der Waals surface area contributed by atoms with Gasteiger partial charge in [-0.2, -0.15) is 13.2 Å². The number of nitrogens with one attached hydrogen (secondary N) is 2. The predicted molar refractivity (Wildman–Crippen MR) is 46.7 cm³/mol. The maximum Gasteiger partial charge on any atom is 0.389 e. The van der Waals surface area contributed by atoms with Crippen molar-refractivity contribution in [3.8, 4) is 0 Å². The molecule has 1 unspecified atom stereocenters. The van der Waals surface area contributed by atoms with Crippen molar-refractivity contribution in [1.29, 1.82) is 0 Å². The molecule has 0 bridgehead atoms. The van der Waals surface area contributed by atoms with Crippen molar-refractivity contribution in [2.24, 2.45) is 0 Å². The fourth-order valence-electron chi connectivity index (χ4n) is 0.834. The first-order valence-electron chi connectivity index (χ1n) is 4.40. The van der Waals surface area contributed by atoms with E-state index >= 15 is 0 Å². The molecule has 0 amide bonds. The van der Waals surface area contributed by atoms with E-state index in [-0.39, 0.29) is 6.42 Å². The van der Waals surface area contributed by atoms with Crippen LogP contribution >= 0.6 is 0 Å². The third kappa shape index (κ3) is 9.63. The van der Waals surface area contributed by atoms with Gasteiger partial charge in [-0.25, -0.2) is 0 Å². The summed E-state index contributed by atoms with van der Waals surface area (Å²) in [6.07, 6.45) is -4.57. The second-order valence-electron chi connectivity index (χ2n) is 3.11. The van der Waals surface area contributed by atoms with Gasteiger partial charge in [0.1, 0.15) is 0 Å². The first kappa shape index (κ1) is 12.7. The number of rotatable bonds is 6. The topological polar surface area (TPSA) is 24.1 Å². The number of likely N-dealkylation sites (N-methyl/N-ethyl adjacent to an activating group) is 1. The molecule has 80 valence electrons. The van der Waals surface area contributed by atoms with Gasteiger partial charge in [0.05, 0.1) is 0 Å². The fourth-order valence-corrected chi connectivity index (χ4v) is 0.834. The van der Waals surface area contributed by atoms with E-state index in [4.69, 9.17) is 0 Å². The monoisotopic (exact) mass is 198 g/mol. The summed E-state index contributed by atoms with van der Waals surface area (Å²) in [6.45, 7) is 3.09. The van der Waals surface area contributed by atoms with Gasteiger partial charge in [-0.1, -0.05) is 0 Å². The quantitative estimate of drug-likeness (QED) is 0.632. The van der Waals surface area contributed by atoms with Crippen molar-refractivity contribution < 1.29 is 13.2 Å². The van der Waals surface area contributed by atoms with Crippen LogP contribution in [0.2, 0.25) is 0 Å². The lowest BCUT2D eigenvalue weighted by Gasteiger charge is -2.11. The molecule has 0 aliphatic heterocycles. The summed E-state index contributed by atoms with van der Waals surface area (Å²) < 4.78 is 35.0. The summed E-state index contributed by atoms with van der Waals surface area (Å²) in [5.41, 5.74) is 0. The maximum atomic E-state index is 11.7. The maximum absolute atomic E-state index is 11.7. The van der Waals surface area contributed by atoms with E-state index in [0.29, 0.717) is 19.1 Å². The normalized spacial score (nSPS) is 14.5. The van der Waals surface area contributed by atoms with Crippen molar-refractivity contribution >= 4 is 0 Å². The van der Waals surface area contributed by atoms with Crippen molar-refractivity contribution in [2.75, 3.05) is 20.1 Å². The van der Waals surface area contributed by atoms with Gasteiger partial charge in [0.2, 0.25) is 0 Å². The van der Waals surface area contributed by atoms with Gasteiger partial charge >= 0.3 is 6.18 Å². The van der Waals surface area contributed by atoms with Gasteiger partial charge in [-0.05, 0) is 26.9 Å². The molecular formula is C8H17F3N2. The molecule has 0 aliphatic carbocycles. The molecule has 0 aliphatic rings. The number of alkyl halides is 3. The fraction of sp³-hybridized carbons (Fsp3) is 1.00. The first-order valence-corrected chi connectivity index (χ1v) is 4.40. The minimum absolute atomic E-state index is 0.153. The van der Waals surface area contributed by atoms with E-state index in [1.807, 2.05) is 14.0 Å². The van der Waals surface area contributed by atoms with Crippen LogP contribution in [0.3, 0.4) is 0 Å². The Labute approximate surface area is 76.9 Å². The highest BCUT2D eigenvalue weighted by Crippen LogP contribution is 2.20. The van der Waals surface area contributed by atoms with Crippen LogP contribution in [-0.2, 0) is 0 Å². The van der Waals surface area contributed by atoms with E-state index in [0.717, 1.165) is 0 Å². The molecule has 0 spiro atoms. The Morgan fingerprint density at radius 2 is 1.92 bits per heavy atom. The largest absolute Gasteiger partial charge is 0.389 e. The summed E-state index contributed by atoms with van der Waals surface area (Å²) in [7, 11) is 1.82. The van der Waals surface area contributed by atoms with Gasteiger partial charge in [-0.3, -0.25) is 0 Å². The second kappa shape index (κ2) is 6.21. The van der Waals surface area contributed by atoms with Crippen LogP contribution in [0.4, 0.5) is 13.2 Å². The van der Waals surface area contributed by atoms with Crippen molar-refractivity contribution in [3.63, 3.8) is 0 Å². The number of halogens is 3. The Balaban J connectivity index is 3.18. The van der Waals surface area contributed by atoms with Gasteiger partial charge in [0, 0.05) is 19.0 Å². The summed E-state index contributed by atoms with van der Waals surface area (Å²) in [5, 5.41) is 5.93. The van der Waals surface area contributed by atoms with E-state index < -0.39 is 12.6 Å². The molecule has 0 aromatic heterocycles. The summed E-state index contributed by atoms with van der Waals surface area (Å²) in [4.78, 5) is 0. The number of hydrogen-bond acceptors (Lipinski definition) is 2. The standard InChI is InChI=1S/C8H17F3N2/c1-7(12-2)6-13-5-3-4-8(9,10)11/h7,12-13H,3-6H2,1-2H3. The Hall–Kier alpha value is -0.290. The summed E-state index contributed by atoms with van der Waals surface area (Å²) in [5.74, 6) is 0. The van der Waals surface area contributed by atoms with Crippen molar-refractivity contribution in [2.45, 2.75) is 32.0 Å². The average molecular weight is 198 g/mol. The molecule has 0 rings (SSSR count). The highest BCUT2D eigenvalue weighted by molar-refractivity contribution is 4.61. The molecule has 13 heavy (non-hydrogen) atoms. The molecule has 0 saturated heterocycles. The van der Waals surface area contributed by atoms with Crippen LogP contribution in [0, 0.1) is 0 Å². The van der Waals surface area contributed by atoms with Gasteiger partial charge in [-0.15, -0.1) is 0 Å². The minimum atomic E-state index is -4.02. The molecule has 0 aromatic carbocycles. The van der Waals surface area contributed by atoms with Gasteiger partial charge in [0.15, 0.2) is 0 Å². The lowest BCUT2D eigenvalue weighted by atomic mass is 10.3. The van der Waals surface area contributed by atoms with E-state index in [2.05, 4.69) is 10.6 Å². The Morgan fingerprint density at radius 1 is 1.31 bits per heavy atom. The minimum Gasteiger partial charge on any atom is -0.316 e. The number of hydrogen-bond donors (Lipinski definition) is 2. The lowest BCUT2D eigenvalue weighted by Crippen LogP contribution is -2.34. The smallest absolute Gasteiger partial charge is 0.316 e. The average Bonchev–Trinajstić information content (AvgIpc) is 2.01. The summed E-state index contributed by atoms with van der Waals surface area (Å²) >= 11 is 0. The molecule has 2 nitrogen and oxygen atoms in total. The van der Waals surface area contributed by atoms with Crippen LogP contribution in [0.1, 0.15) is 19.8 Å².